The summed E-state index contributed by atoms with van der Waals surface area (Å²) in [6, 6.07) is 11.3. The molecule has 2 rings (SSSR count). The van der Waals surface area contributed by atoms with Crippen molar-refractivity contribution in [1.82, 2.24) is 0 Å². The average Bonchev–Trinajstić information content (AvgIpc) is 2.40. The topological polar surface area (TPSA) is 20.3 Å². The number of hydrogen-bond acceptors (Lipinski definition) is 2. The maximum Gasteiger partial charge on any atom is 0.182 e. The summed E-state index contributed by atoms with van der Waals surface area (Å²) in [5.41, 5.74) is 1.20. The summed E-state index contributed by atoms with van der Waals surface area (Å²) in [5, 5.41) is 0. The SMILES string of the molecule is CN(CC(=O)c1ccc(F)cc1)c1ccc(F)cc1. The van der Waals surface area contributed by atoms with E-state index in [1.807, 2.05) is 0 Å². The number of nitrogens with zero attached hydrogens (tertiary/aromatic N) is 1. The minimum atomic E-state index is -0.372. The van der Waals surface area contributed by atoms with Crippen LogP contribution in [0.15, 0.2) is 48.5 Å². The van der Waals surface area contributed by atoms with Crippen LogP contribution in [0.3, 0.4) is 0 Å². The second kappa shape index (κ2) is 5.61. The molecule has 0 radical (unpaired) electrons. The molecule has 0 heterocycles. The fraction of sp³-hybridized carbons (Fsp3) is 0.133. The molecule has 0 saturated heterocycles. The largest absolute Gasteiger partial charge is 0.367 e. The highest BCUT2D eigenvalue weighted by atomic mass is 19.1. The Kier molecular flexibility index (Phi) is 3.90. The number of carbonyl (C=O) groups excluding carboxylic acids is 1. The van der Waals surface area contributed by atoms with Gasteiger partial charge in [-0.3, -0.25) is 4.79 Å². The van der Waals surface area contributed by atoms with E-state index in [0.717, 1.165) is 5.69 Å². The fourth-order valence-corrected chi connectivity index (χ4v) is 1.73. The Bertz CT molecular complexity index is 564. The van der Waals surface area contributed by atoms with E-state index < -0.39 is 0 Å². The van der Waals surface area contributed by atoms with Gasteiger partial charge in [0.05, 0.1) is 6.54 Å². The highest BCUT2D eigenvalue weighted by Crippen LogP contribution is 2.14. The first-order valence-corrected chi connectivity index (χ1v) is 5.82. The van der Waals surface area contributed by atoms with Gasteiger partial charge in [0, 0.05) is 18.3 Å². The lowest BCUT2D eigenvalue weighted by Crippen LogP contribution is -2.25. The molecule has 0 amide bonds. The molecule has 0 N–H and O–H groups in total. The van der Waals surface area contributed by atoms with Crippen molar-refractivity contribution in [3.05, 3.63) is 65.7 Å². The van der Waals surface area contributed by atoms with Crippen LogP contribution in [0.4, 0.5) is 14.5 Å². The van der Waals surface area contributed by atoms with E-state index in [2.05, 4.69) is 0 Å². The second-order valence-electron chi connectivity index (χ2n) is 4.26. The molecule has 4 heteroatoms. The molecule has 0 unspecified atom stereocenters. The molecule has 0 fully saturated rings. The molecule has 0 aliphatic rings. The monoisotopic (exact) mass is 261 g/mol. The fourth-order valence-electron chi connectivity index (χ4n) is 1.73. The van der Waals surface area contributed by atoms with Crippen LogP contribution < -0.4 is 4.90 Å². The van der Waals surface area contributed by atoms with Crippen LogP contribution in [-0.2, 0) is 0 Å². The Balaban J connectivity index is 2.06. The van der Waals surface area contributed by atoms with Crippen molar-refractivity contribution in [1.29, 1.82) is 0 Å². The molecular weight excluding hydrogens is 248 g/mol. The van der Waals surface area contributed by atoms with Crippen LogP contribution in [-0.4, -0.2) is 19.4 Å². The van der Waals surface area contributed by atoms with Gasteiger partial charge in [-0.05, 0) is 48.5 Å². The number of rotatable bonds is 4. The number of ketones is 1. The molecule has 0 atom stereocenters. The minimum absolute atomic E-state index is 0.119. The van der Waals surface area contributed by atoms with Crippen LogP contribution in [0.2, 0.25) is 0 Å². The third kappa shape index (κ3) is 3.37. The Morgan fingerprint density at radius 1 is 0.947 bits per heavy atom. The third-order valence-electron chi connectivity index (χ3n) is 2.81. The first kappa shape index (κ1) is 13.2. The van der Waals surface area contributed by atoms with Gasteiger partial charge in [-0.2, -0.15) is 0 Å². The zero-order valence-electron chi connectivity index (χ0n) is 10.4. The van der Waals surface area contributed by atoms with Crippen molar-refractivity contribution in [2.24, 2.45) is 0 Å². The van der Waals surface area contributed by atoms with Gasteiger partial charge in [0.15, 0.2) is 5.78 Å². The maximum absolute atomic E-state index is 12.8. The number of carbonyl (C=O) groups is 1. The summed E-state index contributed by atoms with van der Waals surface area (Å²) in [6.45, 7) is 0.150. The van der Waals surface area contributed by atoms with Crippen LogP contribution in [0, 0.1) is 11.6 Å². The van der Waals surface area contributed by atoms with E-state index in [-0.39, 0.29) is 24.0 Å². The second-order valence-corrected chi connectivity index (χ2v) is 4.26. The van der Waals surface area contributed by atoms with Crippen LogP contribution in [0.5, 0.6) is 0 Å². The summed E-state index contributed by atoms with van der Waals surface area (Å²) >= 11 is 0. The quantitative estimate of drug-likeness (QED) is 0.787. The first-order valence-electron chi connectivity index (χ1n) is 5.82. The van der Waals surface area contributed by atoms with Crippen LogP contribution >= 0.6 is 0 Å². The van der Waals surface area contributed by atoms with Gasteiger partial charge in [-0.15, -0.1) is 0 Å². The van der Waals surface area contributed by atoms with Crippen molar-refractivity contribution < 1.29 is 13.6 Å². The summed E-state index contributed by atoms with van der Waals surface area (Å²) in [5.74, 6) is -0.808. The van der Waals surface area contributed by atoms with Gasteiger partial charge in [0.2, 0.25) is 0 Å². The molecule has 0 aromatic heterocycles. The van der Waals surface area contributed by atoms with Crippen molar-refractivity contribution in [3.8, 4) is 0 Å². The van der Waals surface area contributed by atoms with E-state index in [0.29, 0.717) is 5.56 Å². The Hall–Kier alpha value is -2.23. The lowest BCUT2D eigenvalue weighted by molar-refractivity contribution is 0.100. The predicted octanol–water partition coefficient (Wildman–Crippen LogP) is 3.28. The standard InChI is InChI=1S/C15H13F2NO/c1-18(14-8-6-13(17)7-9-14)10-15(19)11-2-4-12(16)5-3-11/h2-9H,10H2,1H3. The number of hydrogen-bond donors (Lipinski definition) is 0. The predicted molar refractivity (Wildman–Crippen MR) is 70.4 cm³/mol. The van der Waals surface area contributed by atoms with Crippen molar-refractivity contribution in [2.75, 3.05) is 18.5 Å². The molecule has 0 aliphatic carbocycles. The van der Waals surface area contributed by atoms with Gasteiger partial charge in [-0.1, -0.05) is 0 Å². The maximum atomic E-state index is 12.8. The Morgan fingerprint density at radius 2 is 1.42 bits per heavy atom. The van der Waals surface area contributed by atoms with Crippen LogP contribution in [0.25, 0.3) is 0 Å². The molecule has 0 bridgehead atoms. The molecule has 0 saturated carbocycles. The molecule has 2 aromatic rings. The molecule has 0 aliphatic heterocycles. The molecular formula is C15H13F2NO. The van der Waals surface area contributed by atoms with E-state index >= 15 is 0 Å². The first-order chi connectivity index (χ1) is 9.06. The summed E-state index contributed by atoms with van der Waals surface area (Å²) < 4.78 is 25.6. The van der Waals surface area contributed by atoms with E-state index in [1.165, 1.54) is 36.4 Å². The number of halogens is 2. The molecule has 0 spiro atoms. The highest BCUT2D eigenvalue weighted by molar-refractivity contribution is 5.99. The van der Waals surface area contributed by atoms with Gasteiger partial charge < -0.3 is 4.90 Å². The molecule has 19 heavy (non-hydrogen) atoms. The smallest absolute Gasteiger partial charge is 0.182 e. The number of benzene rings is 2. The van der Waals surface area contributed by atoms with E-state index in [1.54, 1.807) is 24.1 Å². The lowest BCUT2D eigenvalue weighted by atomic mass is 10.1. The molecule has 98 valence electrons. The number of Topliss-reactive ketones (excluding diaryl/α,β-unsaturated/α-hetero) is 1. The highest BCUT2D eigenvalue weighted by Gasteiger charge is 2.10. The number of anilines is 1. The summed E-state index contributed by atoms with van der Waals surface area (Å²) in [7, 11) is 1.74. The number of likely N-dealkylation sites (N-methyl/N-ethyl adjacent to an activating group) is 1. The third-order valence-corrected chi connectivity index (χ3v) is 2.81. The normalized spacial score (nSPS) is 10.3. The zero-order chi connectivity index (χ0) is 13.8. The van der Waals surface area contributed by atoms with Crippen molar-refractivity contribution in [2.45, 2.75) is 0 Å². The van der Waals surface area contributed by atoms with E-state index in [9.17, 15) is 13.6 Å². The van der Waals surface area contributed by atoms with E-state index in [4.69, 9.17) is 0 Å². The van der Waals surface area contributed by atoms with Crippen molar-refractivity contribution >= 4 is 11.5 Å². The lowest BCUT2D eigenvalue weighted by Gasteiger charge is -2.18. The van der Waals surface area contributed by atoms with Crippen LogP contribution in [0.1, 0.15) is 10.4 Å². The van der Waals surface area contributed by atoms with Gasteiger partial charge in [0.1, 0.15) is 11.6 Å². The Labute approximate surface area is 110 Å². The van der Waals surface area contributed by atoms with Gasteiger partial charge >= 0.3 is 0 Å². The van der Waals surface area contributed by atoms with Gasteiger partial charge in [0.25, 0.3) is 0 Å². The van der Waals surface area contributed by atoms with Crippen molar-refractivity contribution in [3.63, 3.8) is 0 Å². The zero-order valence-corrected chi connectivity index (χ0v) is 10.4. The minimum Gasteiger partial charge on any atom is -0.367 e. The molecule has 2 nitrogen and oxygen atoms in total. The summed E-state index contributed by atoms with van der Waals surface area (Å²) in [6.07, 6.45) is 0. The Morgan fingerprint density at radius 3 is 1.95 bits per heavy atom. The average molecular weight is 261 g/mol. The molecule has 2 aromatic carbocycles. The summed E-state index contributed by atoms with van der Waals surface area (Å²) in [4.78, 5) is 13.7. The van der Waals surface area contributed by atoms with Gasteiger partial charge in [-0.25, -0.2) is 8.78 Å².